The number of hydrazone groups is 2. The Bertz CT molecular complexity index is 875. The number of amides is 2. The summed E-state index contributed by atoms with van der Waals surface area (Å²) in [4.78, 5) is 23.8. The fourth-order valence-corrected chi connectivity index (χ4v) is 2.63. The van der Waals surface area contributed by atoms with Crippen molar-refractivity contribution in [3.05, 3.63) is 59.7 Å². The maximum atomic E-state index is 11.9. The predicted molar refractivity (Wildman–Crippen MR) is 121 cm³/mol. The molecule has 0 spiro atoms. The second-order valence-electron chi connectivity index (χ2n) is 6.92. The minimum absolute atomic E-state index is 0.200. The van der Waals surface area contributed by atoms with Crippen LogP contribution in [0.5, 0.6) is 0 Å². The number of benzene rings is 2. The molecule has 0 bridgehead atoms. The Morgan fingerprint density at radius 2 is 1.17 bits per heavy atom. The Morgan fingerprint density at radius 1 is 0.767 bits per heavy atom. The zero-order valence-corrected chi connectivity index (χ0v) is 17.3. The summed E-state index contributed by atoms with van der Waals surface area (Å²) in [5.41, 5.74) is 20.9. The number of carbonyl (C=O) groups excluding carboxylic acids is 2. The Kier molecular flexibility index (Phi) is 8.56. The molecule has 2 amide bonds. The predicted octanol–water partition coefficient (Wildman–Crippen LogP) is 2.79. The van der Waals surface area contributed by atoms with E-state index >= 15 is 0 Å². The van der Waals surface area contributed by atoms with Gasteiger partial charge in [0, 0.05) is 24.2 Å². The molecule has 0 radical (unpaired) electrons. The molecule has 0 saturated heterocycles. The van der Waals surface area contributed by atoms with Gasteiger partial charge in [0.15, 0.2) is 0 Å². The molecule has 0 unspecified atom stereocenters. The third-order valence-corrected chi connectivity index (χ3v) is 4.36. The van der Waals surface area contributed by atoms with Gasteiger partial charge >= 0.3 is 0 Å². The molecule has 2 rings (SSSR count). The van der Waals surface area contributed by atoms with Gasteiger partial charge in [-0.25, -0.2) is 10.9 Å². The van der Waals surface area contributed by atoms with Crippen molar-refractivity contribution in [3.63, 3.8) is 0 Å². The molecule has 8 nitrogen and oxygen atoms in total. The van der Waals surface area contributed by atoms with Crippen molar-refractivity contribution in [2.24, 2.45) is 10.2 Å². The Morgan fingerprint density at radius 3 is 1.53 bits per heavy atom. The molecule has 0 aliphatic heterocycles. The van der Waals surface area contributed by atoms with Gasteiger partial charge in [-0.05, 0) is 62.1 Å². The molecule has 0 aliphatic carbocycles. The second kappa shape index (κ2) is 11.4. The Balaban J connectivity index is 1.67. The lowest BCUT2D eigenvalue weighted by Crippen LogP contribution is -2.20. The SMILES string of the molecule is CC(=NNC(=O)CCCCC(=O)NN=C(C)c1cccc(N)c1)c1cccc(N)c1. The summed E-state index contributed by atoms with van der Waals surface area (Å²) in [5.74, 6) is -0.400. The molecular weight excluding hydrogens is 380 g/mol. The number of anilines is 2. The lowest BCUT2D eigenvalue weighted by molar-refractivity contribution is -0.123. The number of rotatable bonds is 9. The first-order valence-corrected chi connectivity index (χ1v) is 9.73. The average Bonchev–Trinajstić information content (AvgIpc) is 2.73. The van der Waals surface area contributed by atoms with E-state index in [1.165, 1.54) is 0 Å². The van der Waals surface area contributed by atoms with Gasteiger partial charge in [-0.1, -0.05) is 24.3 Å². The molecule has 6 N–H and O–H groups in total. The standard InChI is InChI=1S/C22H28N6O2/c1-15(17-7-5-9-19(23)13-17)25-27-21(29)11-3-4-12-22(30)28-26-16(2)18-8-6-10-20(24)14-18/h5-10,13-14H,3-4,11-12,23-24H2,1-2H3,(H,27,29)(H,28,30). The van der Waals surface area contributed by atoms with Crippen LogP contribution in [0.3, 0.4) is 0 Å². The van der Waals surface area contributed by atoms with Crippen molar-refractivity contribution >= 4 is 34.6 Å². The van der Waals surface area contributed by atoms with Gasteiger partial charge in [-0.2, -0.15) is 10.2 Å². The highest BCUT2D eigenvalue weighted by Crippen LogP contribution is 2.08. The van der Waals surface area contributed by atoms with Crippen LogP contribution >= 0.6 is 0 Å². The van der Waals surface area contributed by atoms with Gasteiger partial charge in [0.05, 0.1) is 11.4 Å². The summed E-state index contributed by atoms with van der Waals surface area (Å²) in [6, 6.07) is 14.6. The average molecular weight is 409 g/mol. The summed E-state index contributed by atoms with van der Waals surface area (Å²) in [6.45, 7) is 3.59. The summed E-state index contributed by atoms with van der Waals surface area (Å²) in [6.07, 6.45) is 1.72. The summed E-state index contributed by atoms with van der Waals surface area (Å²) < 4.78 is 0. The molecule has 0 fully saturated rings. The second-order valence-corrected chi connectivity index (χ2v) is 6.92. The van der Waals surface area contributed by atoms with E-state index in [2.05, 4.69) is 21.1 Å². The van der Waals surface area contributed by atoms with Crippen LogP contribution in [-0.4, -0.2) is 23.2 Å². The lowest BCUT2D eigenvalue weighted by Gasteiger charge is -2.05. The topological polar surface area (TPSA) is 135 Å². The highest BCUT2D eigenvalue weighted by molar-refractivity contribution is 6.00. The monoisotopic (exact) mass is 408 g/mol. The number of unbranched alkanes of at least 4 members (excludes halogenated alkanes) is 1. The fraction of sp³-hybridized carbons (Fsp3) is 0.273. The molecule has 2 aromatic carbocycles. The summed E-state index contributed by atoms with van der Waals surface area (Å²) in [5, 5.41) is 8.18. The van der Waals surface area contributed by atoms with Crippen LogP contribution in [0.1, 0.15) is 50.7 Å². The molecular formula is C22H28N6O2. The highest BCUT2D eigenvalue weighted by Gasteiger charge is 2.05. The quantitative estimate of drug-likeness (QED) is 0.220. The van der Waals surface area contributed by atoms with Crippen LogP contribution in [0.4, 0.5) is 11.4 Å². The van der Waals surface area contributed by atoms with Crippen LogP contribution in [-0.2, 0) is 9.59 Å². The van der Waals surface area contributed by atoms with E-state index in [-0.39, 0.29) is 24.7 Å². The van der Waals surface area contributed by atoms with E-state index in [0.29, 0.717) is 35.6 Å². The van der Waals surface area contributed by atoms with Gasteiger partial charge in [0.25, 0.3) is 0 Å². The van der Waals surface area contributed by atoms with Crippen molar-refractivity contribution in [2.45, 2.75) is 39.5 Å². The molecule has 2 aromatic rings. The first-order valence-electron chi connectivity index (χ1n) is 9.73. The van der Waals surface area contributed by atoms with Gasteiger partial charge < -0.3 is 11.5 Å². The van der Waals surface area contributed by atoms with E-state index < -0.39 is 0 Å². The van der Waals surface area contributed by atoms with E-state index in [0.717, 1.165) is 11.1 Å². The van der Waals surface area contributed by atoms with Gasteiger partial charge in [-0.15, -0.1) is 0 Å². The van der Waals surface area contributed by atoms with Gasteiger partial charge in [0.1, 0.15) is 0 Å². The van der Waals surface area contributed by atoms with Gasteiger partial charge in [0.2, 0.25) is 11.8 Å². The number of nitrogens with one attached hydrogen (secondary N) is 2. The van der Waals surface area contributed by atoms with Crippen LogP contribution in [0.25, 0.3) is 0 Å². The largest absolute Gasteiger partial charge is 0.399 e. The number of nitrogen functional groups attached to an aromatic ring is 2. The number of hydrogen-bond donors (Lipinski definition) is 4. The van der Waals surface area contributed by atoms with Crippen LogP contribution in [0.15, 0.2) is 58.7 Å². The summed E-state index contributed by atoms with van der Waals surface area (Å²) in [7, 11) is 0. The smallest absolute Gasteiger partial charge is 0.240 e. The van der Waals surface area contributed by atoms with E-state index in [9.17, 15) is 9.59 Å². The van der Waals surface area contributed by atoms with E-state index in [1.54, 1.807) is 38.1 Å². The van der Waals surface area contributed by atoms with Crippen molar-refractivity contribution in [1.82, 2.24) is 10.9 Å². The van der Waals surface area contributed by atoms with E-state index in [1.807, 2.05) is 24.3 Å². The zero-order valence-electron chi connectivity index (χ0n) is 17.3. The third kappa shape index (κ3) is 7.75. The highest BCUT2D eigenvalue weighted by atomic mass is 16.2. The first-order chi connectivity index (χ1) is 14.3. The fourth-order valence-electron chi connectivity index (χ4n) is 2.63. The van der Waals surface area contributed by atoms with Crippen molar-refractivity contribution in [1.29, 1.82) is 0 Å². The molecule has 0 heterocycles. The Hall–Kier alpha value is -3.68. The van der Waals surface area contributed by atoms with Crippen LogP contribution < -0.4 is 22.3 Å². The Labute approximate surface area is 176 Å². The maximum absolute atomic E-state index is 11.9. The first kappa shape index (κ1) is 22.6. The van der Waals surface area contributed by atoms with Crippen molar-refractivity contribution in [2.75, 3.05) is 11.5 Å². The molecule has 30 heavy (non-hydrogen) atoms. The zero-order chi connectivity index (χ0) is 21.9. The van der Waals surface area contributed by atoms with Crippen molar-refractivity contribution < 1.29 is 9.59 Å². The molecule has 0 aromatic heterocycles. The molecule has 0 atom stereocenters. The van der Waals surface area contributed by atoms with Gasteiger partial charge in [-0.3, -0.25) is 9.59 Å². The number of nitrogens with two attached hydrogens (primary N) is 2. The normalized spacial score (nSPS) is 11.8. The number of hydrogen-bond acceptors (Lipinski definition) is 6. The third-order valence-electron chi connectivity index (χ3n) is 4.36. The van der Waals surface area contributed by atoms with Crippen molar-refractivity contribution in [3.8, 4) is 0 Å². The number of nitrogens with zero attached hydrogens (tertiary/aromatic N) is 2. The molecule has 8 heteroatoms. The van der Waals surface area contributed by atoms with E-state index in [4.69, 9.17) is 11.5 Å². The van der Waals surface area contributed by atoms with Crippen LogP contribution in [0, 0.1) is 0 Å². The molecule has 0 saturated carbocycles. The summed E-state index contributed by atoms with van der Waals surface area (Å²) >= 11 is 0. The molecule has 158 valence electrons. The molecule has 0 aliphatic rings. The van der Waals surface area contributed by atoms with Crippen LogP contribution in [0.2, 0.25) is 0 Å². The minimum Gasteiger partial charge on any atom is -0.399 e. The maximum Gasteiger partial charge on any atom is 0.240 e. The lowest BCUT2D eigenvalue weighted by atomic mass is 10.1. The number of carbonyl (C=O) groups is 2. The minimum atomic E-state index is -0.200.